The van der Waals surface area contributed by atoms with Crippen LogP contribution < -0.4 is 4.74 Å². The van der Waals surface area contributed by atoms with Gasteiger partial charge in [-0.15, -0.1) is 0 Å². The molecule has 20 heavy (non-hydrogen) atoms. The molecule has 1 aromatic carbocycles. The van der Waals surface area contributed by atoms with Gasteiger partial charge in [0.25, 0.3) is 0 Å². The van der Waals surface area contributed by atoms with Crippen molar-refractivity contribution in [2.75, 3.05) is 0 Å². The van der Waals surface area contributed by atoms with Gasteiger partial charge in [-0.25, -0.2) is 4.79 Å². The molecule has 0 saturated heterocycles. The van der Waals surface area contributed by atoms with Crippen LogP contribution in [0.15, 0.2) is 24.3 Å². The number of aryl methyl sites for hydroxylation is 2. The molecule has 2 rings (SSSR count). The fraction of sp³-hybridized carbons (Fsp3) is 0.286. The van der Waals surface area contributed by atoms with Crippen LogP contribution in [0.4, 0.5) is 0 Å². The maximum Gasteiger partial charge on any atom is 0.335 e. The Bertz CT molecular complexity index is 637. The van der Waals surface area contributed by atoms with E-state index in [1.165, 1.54) is 0 Å². The number of hydrogen-bond donors (Lipinski definition) is 1. The normalized spacial score (nSPS) is 10.6. The van der Waals surface area contributed by atoms with E-state index < -0.39 is 5.97 Å². The van der Waals surface area contributed by atoms with Gasteiger partial charge in [-0.05, 0) is 53.3 Å². The number of halogens is 1. The van der Waals surface area contributed by atoms with Crippen LogP contribution in [0.3, 0.4) is 0 Å². The molecule has 0 fully saturated rings. The molecule has 0 bridgehead atoms. The summed E-state index contributed by atoms with van der Waals surface area (Å²) in [6.45, 7) is 2.41. The van der Waals surface area contributed by atoms with Gasteiger partial charge in [-0.3, -0.25) is 4.68 Å². The Morgan fingerprint density at radius 2 is 2.20 bits per heavy atom. The molecule has 0 saturated carbocycles. The van der Waals surface area contributed by atoms with Gasteiger partial charge in [0.1, 0.15) is 12.4 Å². The number of carbonyl (C=O) groups is 1. The Morgan fingerprint density at radius 3 is 2.80 bits per heavy atom. The number of carboxylic acids is 1. The summed E-state index contributed by atoms with van der Waals surface area (Å²) in [7, 11) is 1.87. The number of rotatable bonds is 5. The number of carboxylic acid groups (broad SMARTS) is 1. The maximum atomic E-state index is 11.0. The molecule has 106 valence electrons. The van der Waals surface area contributed by atoms with E-state index in [9.17, 15) is 4.79 Å². The highest BCUT2D eigenvalue weighted by Gasteiger charge is 2.10. The molecule has 1 N–H and O–H groups in total. The molecule has 0 aliphatic carbocycles. The zero-order valence-electron chi connectivity index (χ0n) is 11.3. The first-order chi connectivity index (χ1) is 9.51. The van der Waals surface area contributed by atoms with Crippen LogP contribution in [-0.4, -0.2) is 20.9 Å². The molecule has 0 atom stereocenters. The summed E-state index contributed by atoms with van der Waals surface area (Å²) in [5.74, 6) is -0.384. The molecule has 0 aliphatic heterocycles. The third-order valence-electron chi connectivity index (χ3n) is 2.94. The van der Waals surface area contributed by atoms with E-state index in [4.69, 9.17) is 9.84 Å². The van der Waals surface area contributed by atoms with E-state index in [0.29, 0.717) is 12.4 Å². The second-order valence-corrected chi connectivity index (χ2v) is 5.51. The third kappa shape index (κ3) is 3.30. The topological polar surface area (TPSA) is 64.3 Å². The van der Waals surface area contributed by atoms with Crippen molar-refractivity contribution in [3.63, 3.8) is 0 Å². The Hall–Kier alpha value is -1.57. The molecular weight excluding hydrogens is 371 g/mol. The highest BCUT2D eigenvalue weighted by atomic mass is 127. The standard InChI is InChI=1S/C14H15IN2O3/c1-3-10-7-11(17(2)16-10)8-20-13-6-9(14(18)19)4-5-12(13)15/h4-7H,3,8H2,1-2H3,(H,18,19). The van der Waals surface area contributed by atoms with Crippen LogP contribution in [-0.2, 0) is 20.1 Å². The molecule has 0 spiro atoms. The summed E-state index contributed by atoms with van der Waals surface area (Å²) in [4.78, 5) is 11.0. The number of hydrogen-bond acceptors (Lipinski definition) is 3. The van der Waals surface area contributed by atoms with Gasteiger partial charge in [0, 0.05) is 7.05 Å². The van der Waals surface area contributed by atoms with Crippen LogP contribution >= 0.6 is 22.6 Å². The number of aromatic nitrogens is 2. The van der Waals surface area contributed by atoms with Crippen LogP contribution in [0.2, 0.25) is 0 Å². The van der Waals surface area contributed by atoms with E-state index in [1.54, 1.807) is 22.9 Å². The Kier molecular flexibility index (Phi) is 4.64. The number of aromatic carboxylic acids is 1. The highest BCUT2D eigenvalue weighted by molar-refractivity contribution is 14.1. The van der Waals surface area contributed by atoms with Gasteiger partial charge in [-0.2, -0.15) is 5.10 Å². The second-order valence-electron chi connectivity index (χ2n) is 4.34. The quantitative estimate of drug-likeness (QED) is 0.803. The lowest BCUT2D eigenvalue weighted by molar-refractivity contribution is 0.0696. The van der Waals surface area contributed by atoms with Crippen molar-refractivity contribution in [2.24, 2.45) is 7.05 Å². The molecule has 0 unspecified atom stereocenters. The molecule has 1 aromatic heterocycles. The first-order valence-corrected chi connectivity index (χ1v) is 7.26. The van der Waals surface area contributed by atoms with Crippen molar-refractivity contribution in [3.8, 4) is 5.75 Å². The van der Waals surface area contributed by atoms with Crippen molar-refractivity contribution in [1.29, 1.82) is 0 Å². The maximum absolute atomic E-state index is 11.0. The Balaban J connectivity index is 2.15. The second kappa shape index (κ2) is 6.25. The minimum absolute atomic E-state index is 0.222. The average molecular weight is 386 g/mol. The van der Waals surface area contributed by atoms with Crippen LogP contribution in [0, 0.1) is 3.57 Å². The van der Waals surface area contributed by atoms with E-state index in [-0.39, 0.29) is 5.56 Å². The van der Waals surface area contributed by atoms with Gasteiger partial charge in [0.2, 0.25) is 0 Å². The van der Waals surface area contributed by atoms with Crippen molar-refractivity contribution < 1.29 is 14.6 Å². The van der Waals surface area contributed by atoms with Crippen molar-refractivity contribution in [2.45, 2.75) is 20.0 Å². The molecular formula is C14H15IN2O3. The smallest absolute Gasteiger partial charge is 0.335 e. The Labute approximate surface area is 130 Å². The minimum Gasteiger partial charge on any atom is -0.486 e. The van der Waals surface area contributed by atoms with Crippen LogP contribution in [0.1, 0.15) is 28.7 Å². The minimum atomic E-state index is -0.958. The molecule has 6 heteroatoms. The van der Waals surface area contributed by atoms with Gasteiger partial charge in [0.05, 0.1) is 20.5 Å². The van der Waals surface area contributed by atoms with Crippen molar-refractivity contribution in [3.05, 3.63) is 44.8 Å². The highest BCUT2D eigenvalue weighted by Crippen LogP contribution is 2.23. The summed E-state index contributed by atoms with van der Waals surface area (Å²) in [6, 6.07) is 6.84. The fourth-order valence-corrected chi connectivity index (χ4v) is 2.27. The van der Waals surface area contributed by atoms with Gasteiger partial charge in [0.15, 0.2) is 0 Å². The number of benzene rings is 1. The lowest BCUT2D eigenvalue weighted by Crippen LogP contribution is -2.05. The van der Waals surface area contributed by atoms with E-state index in [2.05, 4.69) is 27.7 Å². The van der Waals surface area contributed by atoms with E-state index in [1.807, 2.05) is 20.0 Å². The molecule has 0 amide bonds. The summed E-state index contributed by atoms with van der Waals surface area (Å²) in [5.41, 5.74) is 2.19. The summed E-state index contributed by atoms with van der Waals surface area (Å²) < 4.78 is 8.39. The predicted molar refractivity (Wildman–Crippen MR) is 83.0 cm³/mol. The Morgan fingerprint density at radius 1 is 1.45 bits per heavy atom. The third-order valence-corrected chi connectivity index (χ3v) is 3.83. The first kappa shape index (κ1) is 14.8. The lowest BCUT2D eigenvalue weighted by Gasteiger charge is -2.09. The van der Waals surface area contributed by atoms with Crippen molar-refractivity contribution in [1.82, 2.24) is 9.78 Å². The van der Waals surface area contributed by atoms with E-state index in [0.717, 1.165) is 21.4 Å². The molecule has 0 radical (unpaired) electrons. The van der Waals surface area contributed by atoms with Crippen LogP contribution in [0.25, 0.3) is 0 Å². The largest absolute Gasteiger partial charge is 0.486 e. The zero-order chi connectivity index (χ0) is 14.7. The van der Waals surface area contributed by atoms with Gasteiger partial charge in [-0.1, -0.05) is 6.92 Å². The molecule has 1 heterocycles. The SMILES string of the molecule is CCc1cc(COc2cc(C(=O)O)ccc2I)n(C)n1. The monoisotopic (exact) mass is 386 g/mol. The van der Waals surface area contributed by atoms with Gasteiger partial charge < -0.3 is 9.84 Å². The summed E-state index contributed by atoms with van der Waals surface area (Å²) in [5, 5.41) is 13.3. The molecule has 5 nitrogen and oxygen atoms in total. The summed E-state index contributed by atoms with van der Waals surface area (Å²) >= 11 is 2.12. The first-order valence-electron chi connectivity index (χ1n) is 6.18. The van der Waals surface area contributed by atoms with Gasteiger partial charge >= 0.3 is 5.97 Å². The fourth-order valence-electron chi connectivity index (χ4n) is 1.78. The predicted octanol–water partition coefficient (Wildman–Crippen LogP) is 2.86. The zero-order valence-corrected chi connectivity index (χ0v) is 13.4. The number of ether oxygens (including phenoxy) is 1. The lowest BCUT2D eigenvalue weighted by atomic mass is 10.2. The number of nitrogens with zero attached hydrogens (tertiary/aromatic N) is 2. The van der Waals surface area contributed by atoms with E-state index >= 15 is 0 Å². The molecule has 2 aromatic rings. The summed E-state index contributed by atoms with van der Waals surface area (Å²) in [6.07, 6.45) is 0.875. The van der Waals surface area contributed by atoms with Crippen molar-refractivity contribution >= 4 is 28.6 Å². The average Bonchev–Trinajstić information content (AvgIpc) is 2.78. The van der Waals surface area contributed by atoms with Crippen LogP contribution in [0.5, 0.6) is 5.75 Å². The molecule has 0 aliphatic rings.